The average Bonchev–Trinajstić information content (AvgIpc) is 2.63. The van der Waals surface area contributed by atoms with E-state index in [0.29, 0.717) is 11.6 Å². The van der Waals surface area contributed by atoms with Crippen molar-refractivity contribution < 1.29 is 9.53 Å². The van der Waals surface area contributed by atoms with Gasteiger partial charge in [-0.15, -0.1) is 0 Å². The SMILES string of the molecule is COc1ccc(-c2cc(=O)n(CC(=O)N3CCCC(C)C3)cn2)cc1. The van der Waals surface area contributed by atoms with Gasteiger partial charge in [-0.25, -0.2) is 4.98 Å². The molecule has 1 aromatic heterocycles. The number of nitrogens with zero attached hydrogens (tertiary/aromatic N) is 3. The summed E-state index contributed by atoms with van der Waals surface area (Å²) < 4.78 is 6.50. The first-order chi connectivity index (χ1) is 12.1. The first-order valence-electron chi connectivity index (χ1n) is 8.55. The molecule has 6 heteroatoms. The van der Waals surface area contributed by atoms with Crippen LogP contribution >= 0.6 is 0 Å². The third kappa shape index (κ3) is 4.07. The first-order valence-corrected chi connectivity index (χ1v) is 8.55. The van der Waals surface area contributed by atoms with Gasteiger partial charge in [0.1, 0.15) is 12.3 Å². The molecule has 2 aromatic rings. The standard InChI is InChI=1S/C19H23N3O3/c1-14-4-3-9-21(11-14)19(24)12-22-13-20-17(10-18(22)23)15-5-7-16(25-2)8-6-15/h5-8,10,13-14H,3-4,9,11-12H2,1-2H3. The molecule has 1 fully saturated rings. The molecule has 6 nitrogen and oxygen atoms in total. The van der Waals surface area contributed by atoms with Crippen molar-refractivity contribution >= 4 is 5.91 Å². The fourth-order valence-electron chi connectivity index (χ4n) is 3.13. The Kier molecular flexibility index (Phi) is 5.16. The van der Waals surface area contributed by atoms with Crippen molar-refractivity contribution in [2.75, 3.05) is 20.2 Å². The summed E-state index contributed by atoms with van der Waals surface area (Å²) in [5.41, 5.74) is 1.20. The molecule has 1 saturated heterocycles. The molecule has 132 valence electrons. The summed E-state index contributed by atoms with van der Waals surface area (Å²) in [6.45, 7) is 3.73. The smallest absolute Gasteiger partial charge is 0.254 e. The molecule has 1 aliphatic rings. The van der Waals surface area contributed by atoms with Crippen LogP contribution in [0.3, 0.4) is 0 Å². The summed E-state index contributed by atoms with van der Waals surface area (Å²) in [6, 6.07) is 8.82. The number of ether oxygens (including phenoxy) is 1. The lowest BCUT2D eigenvalue weighted by Crippen LogP contribution is -2.42. The van der Waals surface area contributed by atoms with E-state index in [-0.39, 0.29) is 18.0 Å². The maximum absolute atomic E-state index is 12.4. The lowest BCUT2D eigenvalue weighted by Gasteiger charge is -2.31. The summed E-state index contributed by atoms with van der Waals surface area (Å²) >= 11 is 0. The Morgan fingerprint density at radius 3 is 2.72 bits per heavy atom. The van der Waals surface area contributed by atoms with Crippen LogP contribution in [0.1, 0.15) is 19.8 Å². The Morgan fingerprint density at radius 1 is 1.32 bits per heavy atom. The van der Waals surface area contributed by atoms with Gasteiger partial charge in [0.05, 0.1) is 19.1 Å². The number of piperidine rings is 1. The van der Waals surface area contributed by atoms with Crippen LogP contribution in [0.5, 0.6) is 5.75 Å². The van der Waals surface area contributed by atoms with Crippen LogP contribution in [0.25, 0.3) is 11.3 Å². The lowest BCUT2D eigenvalue weighted by atomic mass is 10.0. The zero-order valence-electron chi connectivity index (χ0n) is 14.6. The predicted molar refractivity (Wildman–Crippen MR) is 95.5 cm³/mol. The molecule has 1 aromatic carbocycles. The van der Waals surface area contributed by atoms with Crippen molar-refractivity contribution in [1.82, 2.24) is 14.5 Å². The minimum Gasteiger partial charge on any atom is -0.497 e. The molecule has 0 bridgehead atoms. The number of methoxy groups -OCH3 is 1. The van der Waals surface area contributed by atoms with Crippen molar-refractivity contribution in [2.24, 2.45) is 5.92 Å². The Morgan fingerprint density at radius 2 is 2.08 bits per heavy atom. The number of carbonyl (C=O) groups is 1. The fraction of sp³-hybridized carbons (Fsp3) is 0.421. The maximum Gasteiger partial charge on any atom is 0.254 e. The van der Waals surface area contributed by atoms with Gasteiger partial charge < -0.3 is 9.64 Å². The number of benzene rings is 1. The molecule has 0 radical (unpaired) electrons. The molecule has 1 unspecified atom stereocenters. The van der Waals surface area contributed by atoms with E-state index >= 15 is 0 Å². The van der Waals surface area contributed by atoms with Crippen molar-refractivity contribution in [1.29, 1.82) is 0 Å². The third-order valence-corrected chi connectivity index (χ3v) is 4.58. The number of rotatable bonds is 4. The van der Waals surface area contributed by atoms with Crippen LogP contribution in [0, 0.1) is 5.92 Å². The quantitative estimate of drug-likeness (QED) is 0.855. The second kappa shape index (κ2) is 7.51. The first kappa shape index (κ1) is 17.2. The highest BCUT2D eigenvalue weighted by atomic mass is 16.5. The van der Waals surface area contributed by atoms with E-state index in [0.717, 1.165) is 37.2 Å². The Bertz CT molecular complexity index is 798. The molecule has 25 heavy (non-hydrogen) atoms. The van der Waals surface area contributed by atoms with E-state index in [1.165, 1.54) is 17.0 Å². The number of aromatic nitrogens is 2. The van der Waals surface area contributed by atoms with E-state index in [4.69, 9.17) is 4.74 Å². The lowest BCUT2D eigenvalue weighted by molar-refractivity contribution is -0.133. The largest absolute Gasteiger partial charge is 0.497 e. The summed E-state index contributed by atoms with van der Waals surface area (Å²) in [5, 5.41) is 0. The van der Waals surface area contributed by atoms with E-state index in [1.54, 1.807) is 7.11 Å². The monoisotopic (exact) mass is 341 g/mol. The van der Waals surface area contributed by atoms with E-state index in [9.17, 15) is 9.59 Å². The van der Waals surface area contributed by atoms with Gasteiger partial charge in [-0.3, -0.25) is 14.2 Å². The topological polar surface area (TPSA) is 64.4 Å². The van der Waals surface area contributed by atoms with Crippen molar-refractivity contribution in [3.63, 3.8) is 0 Å². The normalized spacial score (nSPS) is 17.4. The van der Waals surface area contributed by atoms with Gasteiger partial charge in [0.2, 0.25) is 5.91 Å². The van der Waals surface area contributed by atoms with Crippen molar-refractivity contribution in [3.8, 4) is 17.0 Å². The Hall–Kier alpha value is -2.63. The van der Waals surface area contributed by atoms with Gasteiger partial charge in [-0.1, -0.05) is 6.92 Å². The van der Waals surface area contributed by atoms with Gasteiger partial charge >= 0.3 is 0 Å². The van der Waals surface area contributed by atoms with Gasteiger partial charge in [-0.05, 0) is 43.0 Å². The summed E-state index contributed by atoms with van der Waals surface area (Å²) in [6.07, 6.45) is 3.63. The molecular weight excluding hydrogens is 318 g/mol. The van der Waals surface area contributed by atoms with E-state index < -0.39 is 0 Å². The zero-order chi connectivity index (χ0) is 17.8. The number of amides is 1. The summed E-state index contributed by atoms with van der Waals surface area (Å²) in [4.78, 5) is 30.9. The van der Waals surface area contributed by atoms with Crippen LogP contribution in [0.4, 0.5) is 0 Å². The summed E-state index contributed by atoms with van der Waals surface area (Å²) in [7, 11) is 1.61. The maximum atomic E-state index is 12.4. The molecule has 0 spiro atoms. The second-order valence-corrected chi connectivity index (χ2v) is 6.56. The van der Waals surface area contributed by atoms with Crippen LogP contribution in [-0.2, 0) is 11.3 Å². The molecule has 0 aliphatic carbocycles. The van der Waals surface area contributed by atoms with E-state index in [1.807, 2.05) is 29.2 Å². The Labute approximate surface area is 147 Å². The highest BCUT2D eigenvalue weighted by molar-refractivity contribution is 5.76. The van der Waals surface area contributed by atoms with Crippen LogP contribution in [0.2, 0.25) is 0 Å². The molecule has 1 aliphatic heterocycles. The Balaban J connectivity index is 1.73. The molecule has 1 atom stereocenters. The average molecular weight is 341 g/mol. The van der Waals surface area contributed by atoms with Crippen molar-refractivity contribution in [3.05, 3.63) is 47.0 Å². The molecular formula is C19H23N3O3. The van der Waals surface area contributed by atoms with Crippen LogP contribution < -0.4 is 10.3 Å². The van der Waals surface area contributed by atoms with Gasteiger partial charge in [0, 0.05) is 24.7 Å². The number of hydrogen-bond donors (Lipinski definition) is 0. The number of carbonyl (C=O) groups excluding carboxylic acids is 1. The molecule has 0 saturated carbocycles. The highest BCUT2D eigenvalue weighted by Crippen LogP contribution is 2.19. The van der Waals surface area contributed by atoms with Crippen LogP contribution in [0.15, 0.2) is 41.5 Å². The van der Waals surface area contributed by atoms with E-state index in [2.05, 4.69) is 11.9 Å². The zero-order valence-corrected chi connectivity index (χ0v) is 14.6. The molecule has 1 amide bonds. The summed E-state index contributed by atoms with van der Waals surface area (Å²) in [5.74, 6) is 1.25. The van der Waals surface area contributed by atoms with Gasteiger partial charge in [0.15, 0.2) is 0 Å². The predicted octanol–water partition coefficient (Wildman–Crippen LogP) is 2.18. The number of likely N-dealkylation sites (tertiary alicyclic amines) is 1. The molecule has 0 N–H and O–H groups in total. The van der Waals surface area contributed by atoms with Crippen molar-refractivity contribution in [2.45, 2.75) is 26.3 Å². The molecule has 3 rings (SSSR count). The second-order valence-electron chi connectivity index (χ2n) is 6.56. The molecule has 2 heterocycles. The number of hydrogen-bond acceptors (Lipinski definition) is 4. The van der Waals surface area contributed by atoms with Gasteiger partial charge in [0.25, 0.3) is 5.56 Å². The van der Waals surface area contributed by atoms with Gasteiger partial charge in [-0.2, -0.15) is 0 Å². The third-order valence-electron chi connectivity index (χ3n) is 4.58. The van der Waals surface area contributed by atoms with Crippen LogP contribution in [-0.4, -0.2) is 40.6 Å². The minimum atomic E-state index is -0.223. The fourth-order valence-corrected chi connectivity index (χ4v) is 3.13. The highest BCUT2D eigenvalue weighted by Gasteiger charge is 2.21. The minimum absolute atomic E-state index is 0.0207.